The fraction of sp³-hybridized carbons (Fsp3) is 0.208. The number of nitrogens with zero attached hydrogens (tertiary/aromatic N) is 3. The normalized spacial score (nSPS) is 14.5. The summed E-state index contributed by atoms with van der Waals surface area (Å²) in [5.41, 5.74) is 0.0530. The number of hydrogen-bond acceptors (Lipinski definition) is 3. The van der Waals surface area contributed by atoms with Gasteiger partial charge in [-0.05, 0) is 31.0 Å². The van der Waals surface area contributed by atoms with Crippen LogP contribution < -0.4 is 5.01 Å². The van der Waals surface area contributed by atoms with Gasteiger partial charge in [-0.25, -0.2) is 4.39 Å². The van der Waals surface area contributed by atoms with E-state index in [1.165, 1.54) is 12.1 Å². The van der Waals surface area contributed by atoms with Crippen LogP contribution in [0.2, 0.25) is 0 Å². The molecule has 158 valence electrons. The fourth-order valence-electron chi connectivity index (χ4n) is 3.86. The fourth-order valence-corrected chi connectivity index (χ4v) is 3.86. The Balaban J connectivity index is 1.77. The largest absolute Gasteiger partial charge is 0.419 e. The summed E-state index contributed by atoms with van der Waals surface area (Å²) in [5.74, 6) is -1.25. The maximum atomic E-state index is 14.7. The molecule has 31 heavy (non-hydrogen) atoms. The van der Waals surface area contributed by atoms with Crippen LogP contribution in [-0.2, 0) is 12.7 Å². The number of rotatable bonds is 3. The van der Waals surface area contributed by atoms with Crippen molar-refractivity contribution in [1.29, 1.82) is 5.26 Å². The Morgan fingerprint density at radius 1 is 0.968 bits per heavy atom. The van der Waals surface area contributed by atoms with E-state index in [1.807, 2.05) is 41.4 Å². The van der Waals surface area contributed by atoms with Crippen LogP contribution in [0.25, 0.3) is 10.8 Å². The van der Waals surface area contributed by atoms with E-state index in [1.54, 1.807) is 17.3 Å². The summed E-state index contributed by atoms with van der Waals surface area (Å²) in [6.07, 6.45) is 0.577. The molecule has 0 radical (unpaired) electrons. The van der Waals surface area contributed by atoms with Gasteiger partial charge >= 0.3 is 6.18 Å². The van der Waals surface area contributed by atoms with Gasteiger partial charge < -0.3 is 0 Å². The van der Waals surface area contributed by atoms with E-state index in [9.17, 15) is 22.8 Å². The van der Waals surface area contributed by atoms with Crippen LogP contribution in [0.3, 0.4) is 0 Å². The molecule has 3 aromatic rings. The molecule has 0 saturated heterocycles. The Bertz CT molecular complexity index is 1180. The van der Waals surface area contributed by atoms with Crippen LogP contribution in [0.15, 0.2) is 66.9 Å². The molecule has 0 spiro atoms. The van der Waals surface area contributed by atoms with E-state index >= 15 is 0 Å². The minimum absolute atomic E-state index is 0.0377. The van der Waals surface area contributed by atoms with Crippen molar-refractivity contribution in [3.8, 4) is 6.07 Å². The molecule has 1 heterocycles. The summed E-state index contributed by atoms with van der Waals surface area (Å²) in [6.45, 7) is 0.546. The minimum atomic E-state index is -4.75. The summed E-state index contributed by atoms with van der Waals surface area (Å²) in [4.78, 5) is 0. The average Bonchev–Trinajstić information content (AvgIpc) is 2.99. The lowest BCUT2D eigenvalue weighted by Crippen LogP contribution is -2.39. The van der Waals surface area contributed by atoms with Crippen LogP contribution in [-0.4, -0.2) is 11.6 Å². The molecule has 7 heteroatoms. The standard InChI is InChI=1S/C24H19F4N3/c25-23-18(7-6-10-21(23)24(26,27)28)16-30-13-4-1-5-14-31(30)22-12-11-17(15-29)19-8-2-3-9-20(19)22/h2-4,6-13H,1,5,14,16H2. The average molecular weight is 425 g/mol. The van der Waals surface area contributed by atoms with Gasteiger partial charge in [0.1, 0.15) is 5.82 Å². The van der Waals surface area contributed by atoms with Crippen molar-refractivity contribution in [2.45, 2.75) is 25.6 Å². The third kappa shape index (κ3) is 4.06. The molecule has 0 aliphatic carbocycles. The number of fused-ring (bicyclic) bond motifs is 1. The highest BCUT2D eigenvalue weighted by atomic mass is 19.4. The minimum Gasteiger partial charge on any atom is -0.288 e. The van der Waals surface area contributed by atoms with Gasteiger partial charge in [-0.3, -0.25) is 10.0 Å². The van der Waals surface area contributed by atoms with Crippen LogP contribution in [0.4, 0.5) is 23.2 Å². The first-order valence-corrected chi connectivity index (χ1v) is 9.87. The quantitative estimate of drug-likeness (QED) is 0.455. The molecule has 0 atom stereocenters. The lowest BCUT2D eigenvalue weighted by Gasteiger charge is -2.36. The van der Waals surface area contributed by atoms with Crippen molar-refractivity contribution in [2.24, 2.45) is 0 Å². The molecule has 4 rings (SSSR count). The topological polar surface area (TPSA) is 30.3 Å². The van der Waals surface area contributed by atoms with Crippen LogP contribution in [0.5, 0.6) is 0 Å². The molecule has 0 bridgehead atoms. The van der Waals surface area contributed by atoms with Crippen molar-refractivity contribution >= 4 is 16.5 Å². The van der Waals surface area contributed by atoms with Gasteiger partial charge in [0.15, 0.2) is 0 Å². The second-order valence-electron chi connectivity index (χ2n) is 7.31. The van der Waals surface area contributed by atoms with E-state index in [4.69, 9.17) is 0 Å². The lowest BCUT2D eigenvalue weighted by atomic mass is 10.0. The third-order valence-electron chi connectivity index (χ3n) is 5.34. The zero-order valence-corrected chi connectivity index (χ0v) is 16.5. The maximum absolute atomic E-state index is 14.7. The first-order valence-electron chi connectivity index (χ1n) is 9.87. The zero-order valence-electron chi connectivity index (χ0n) is 16.5. The number of anilines is 1. The maximum Gasteiger partial charge on any atom is 0.419 e. The number of hydrazine groups is 1. The highest BCUT2D eigenvalue weighted by Crippen LogP contribution is 2.35. The Morgan fingerprint density at radius 3 is 2.48 bits per heavy atom. The molecule has 1 aliphatic rings. The van der Waals surface area contributed by atoms with Gasteiger partial charge in [0.25, 0.3) is 0 Å². The summed E-state index contributed by atoms with van der Waals surface area (Å²) in [5, 5.41) is 14.8. The molecule has 3 nitrogen and oxygen atoms in total. The van der Waals surface area contributed by atoms with Gasteiger partial charge in [0.2, 0.25) is 0 Å². The van der Waals surface area contributed by atoms with Gasteiger partial charge in [-0.15, -0.1) is 0 Å². The van der Waals surface area contributed by atoms with E-state index in [0.717, 1.165) is 35.4 Å². The van der Waals surface area contributed by atoms with Crippen molar-refractivity contribution in [3.63, 3.8) is 0 Å². The number of alkyl halides is 3. The Labute approximate surface area is 177 Å². The van der Waals surface area contributed by atoms with Crippen molar-refractivity contribution in [2.75, 3.05) is 11.6 Å². The molecule has 0 aromatic heterocycles. The molecule has 3 aromatic carbocycles. The first-order chi connectivity index (χ1) is 14.9. The van der Waals surface area contributed by atoms with E-state index in [-0.39, 0.29) is 12.1 Å². The molecule has 0 fully saturated rings. The monoisotopic (exact) mass is 425 g/mol. The molecule has 0 unspecified atom stereocenters. The molecule has 0 saturated carbocycles. The zero-order chi connectivity index (χ0) is 22.0. The summed E-state index contributed by atoms with van der Waals surface area (Å²) in [6, 6.07) is 16.6. The number of hydrogen-bond donors (Lipinski definition) is 0. The lowest BCUT2D eigenvalue weighted by molar-refractivity contribution is -0.140. The van der Waals surface area contributed by atoms with Crippen molar-refractivity contribution in [1.82, 2.24) is 5.01 Å². The SMILES string of the molecule is N#Cc1ccc(N2CCCC=CN2Cc2cccc(C(F)(F)F)c2F)c2ccccc12. The van der Waals surface area contributed by atoms with E-state index in [2.05, 4.69) is 6.07 Å². The first kappa shape index (κ1) is 20.7. The number of halogens is 4. The van der Waals surface area contributed by atoms with Crippen molar-refractivity contribution < 1.29 is 17.6 Å². The van der Waals surface area contributed by atoms with E-state index < -0.39 is 17.6 Å². The molecule has 0 N–H and O–H groups in total. The molecule has 1 aliphatic heterocycles. The summed E-state index contributed by atoms with van der Waals surface area (Å²) < 4.78 is 54.1. The van der Waals surface area contributed by atoms with Crippen LogP contribution in [0, 0.1) is 17.1 Å². The smallest absolute Gasteiger partial charge is 0.288 e. The number of nitriles is 1. The second kappa shape index (κ2) is 8.31. The molecular formula is C24H19F4N3. The predicted octanol–water partition coefficient (Wildman–Crippen LogP) is 6.40. The second-order valence-corrected chi connectivity index (χ2v) is 7.31. The molecule has 0 amide bonds. The molecular weight excluding hydrogens is 406 g/mol. The van der Waals surface area contributed by atoms with Gasteiger partial charge in [0.05, 0.1) is 29.4 Å². The summed E-state index contributed by atoms with van der Waals surface area (Å²) >= 11 is 0. The Morgan fingerprint density at radius 2 is 1.74 bits per heavy atom. The highest BCUT2D eigenvalue weighted by Gasteiger charge is 2.35. The van der Waals surface area contributed by atoms with E-state index in [0.29, 0.717) is 12.1 Å². The Hall–Kier alpha value is -3.53. The highest BCUT2D eigenvalue weighted by molar-refractivity contribution is 5.97. The Kier molecular flexibility index (Phi) is 5.55. The van der Waals surface area contributed by atoms with Crippen LogP contribution >= 0.6 is 0 Å². The van der Waals surface area contributed by atoms with Gasteiger partial charge in [-0.2, -0.15) is 18.4 Å². The van der Waals surface area contributed by atoms with Gasteiger partial charge in [-0.1, -0.05) is 42.5 Å². The predicted molar refractivity (Wildman–Crippen MR) is 111 cm³/mol. The van der Waals surface area contributed by atoms with Gasteiger partial charge in [0, 0.05) is 29.1 Å². The van der Waals surface area contributed by atoms with Crippen LogP contribution in [0.1, 0.15) is 29.5 Å². The summed E-state index contributed by atoms with van der Waals surface area (Å²) in [7, 11) is 0. The van der Waals surface area contributed by atoms with Crippen molar-refractivity contribution in [3.05, 3.63) is 89.4 Å². The number of allylic oxidation sites excluding steroid dienone is 1. The third-order valence-corrected chi connectivity index (χ3v) is 5.34. The number of benzene rings is 3.